The van der Waals surface area contributed by atoms with Crippen LogP contribution >= 0.6 is 15.6 Å². The molecule has 0 aromatic carbocycles. The van der Waals surface area contributed by atoms with Gasteiger partial charge in [-0.1, -0.05) is 181 Å². The molecule has 12 heteroatoms. The molecule has 0 amide bonds. The standard InChI is InChI=1S/2C16H35O4P.2Zn/c2*1-2-3-4-5-6-7-8-9-10-11-12-13-14-15-16-20-21(17,18)19;;/h2*2-16H2,1H3,(H2,17,18,19);;/q;;2*+2/p-4. The molecule has 0 saturated heterocycles. The average Bonchev–Trinajstić information content (AvgIpc) is 2.92. The van der Waals surface area contributed by atoms with Crippen LogP contribution in [0.15, 0.2) is 0 Å². The first kappa shape index (κ1) is 52.3. The van der Waals surface area contributed by atoms with Gasteiger partial charge in [-0.2, -0.15) is 0 Å². The largest absolute Gasteiger partial charge is 2.00 e. The SMILES string of the molecule is CCCCCCCCCCCCCCCCOP(=O)([O-])[O-].CCCCCCCCCCCCCCCCOP(=O)([O-])[O-].[Zn+2].[Zn+2]. The number of unbranched alkanes of at least 4 members (excludes halogenated alkanes) is 26. The topological polar surface area (TPSA) is 145 Å². The predicted octanol–water partition coefficient (Wildman–Crippen LogP) is 8.62. The molecule has 0 unspecified atom stereocenters. The Morgan fingerprint density at radius 1 is 0.341 bits per heavy atom. The van der Waals surface area contributed by atoms with Gasteiger partial charge in [-0.15, -0.1) is 0 Å². The maximum Gasteiger partial charge on any atom is 2.00 e. The van der Waals surface area contributed by atoms with Gasteiger partial charge < -0.3 is 37.8 Å². The van der Waals surface area contributed by atoms with Gasteiger partial charge in [-0.05, 0) is 12.8 Å². The summed E-state index contributed by atoms with van der Waals surface area (Å²) in [5.74, 6) is 0. The Bertz CT molecular complexity index is 569. The summed E-state index contributed by atoms with van der Waals surface area (Å²) in [5, 5.41) is 0. The molecular formula is C32H66O8P2Zn2. The maximum absolute atomic E-state index is 10.2. The summed E-state index contributed by atoms with van der Waals surface area (Å²) >= 11 is 0. The summed E-state index contributed by atoms with van der Waals surface area (Å²) in [5.41, 5.74) is 0. The third kappa shape index (κ3) is 55.8. The number of phosphoric ester groups is 2. The molecule has 0 radical (unpaired) electrons. The van der Waals surface area contributed by atoms with E-state index in [1.165, 1.54) is 141 Å². The Hall–Kier alpha value is 1.47. The summed E-state index contributed by atoms with van der Waals surface area (Å²) in [6.07, 6.45) is 34.9. The van der Waals surface area contributed by atoms with Crippen LogP contribution in [-0.2, 0) is 57.1 Å². The predicted molar refractivity (Wildman–Crippen MR) is 168 cm³/mol. The van der Waals surface area contributed by atoms with Gasteiger partial charge in [-0.3, -0.25) is 0 Å². The van der Waals surface area contributed by atoms with Gasteiger partial charge in [0.15, 0.2) is 0 Å². The van der Waals surface area contributed by atoms with E-state index in [1.54, 1.807) is 0 Å². The molecule has 0 aliphatic heterocycles. The van der Waals surface area contributed by atoms with Crippen molar-refractivity contribution in [3.05, 3.63) is 0 Å². The molecule has 0 saturated carbocycles. The summed E-state index contributed by atoms with van der Waals surface area (Å²) in [6.45, 7) is 4.59. The zero-order valence-electron chi connectivity index (χ0n) is 28.8. The summed E-state index contributed by atoms with van der Waals surface area (Å²) < 4.78 is 28.8. The van der Waals surface area contributed by atoms with E-state index in [-0.39, 0.29) is 52.2 Å². The molecule has 0 rings (SSSR count). The van der Waals surface area contributed by atoms with E-state index in [9.17, 15) is 28.7 Å². The third-order valence-electron chi connectivity index (χ3n) is 7.49. The molecule has 0 aromatic heterocycles. The van der Waals surface area contributed by atoms with Crippen LogP contribution in [0.5, 0.6) is 0 Å². The van der Waals surface area contributed by atoms with Gasteiger partial charge in [0.05, 0.1) is 28.9 Å². The molecule has 8 nitrogen and oxygen atoms in total. The van der Waals surface area contributed by atoms with Crippen LogP contribution in [0.25, 0.3) is 0 Å². The van der Waals surface area contributed by atoms with Gasteiger partial charge in [0.1, 0.15) is 0 Å². The van der Waals surface area contributed by atoms with Crippen LogP contribution in [0, 0.1) is 0 Å². The van der Waals surface area contributed by atoms with Crippen molar-refractivity contribution >= 4 is 15.6 Å². The molecule has 0 aliphatic rings. The van der Waals surface area contributed by atoms with Gasteiger partial charge in [0.25, 0.3) is 0 Å². The minimum absolute atomic E-state index is 0. The Labute approximate surface area is 297 Å². The van der Waals surface area contributed by atoms with Crippen molar-refractivity contribution in [3.8, 4) is 0 Å². The van der Waals surface area contributed by atoms with Crippen LogP contribution in [0.1, 0.15) is 194 Å². The van der Waals surface area contributed by atoms with Crippen LogP contribution in [0.3, 0.4) is 0 Å². The Morgan fingerprint density at radius 2 is 0.500 bits per heavy atom. The number of rotatable bonds is 32. The molecule has 44 heavy (non-hydrogen) atoms. The van der Waals surface area contributed by atoms with E-state index in [0.29, 0.717) is 12.8 Å². The second-order valence-corrected chi connectivity index (χ2v) is 14.1. The smallest absolute Gasteiger partial charge is 0.790 e. The molecule has 256 valence electrons. The molecule has 0 heterocycles. The Morgan fingerprint density at radius 3 is 0.659 bits per heavy atom. The van der Waals surface area contributed by atoms with E-state index < -0.39 is 15.6 Å². The van der Waals surface area contributed by atoms with Crippen molar-refractivity contribution in [2.75, 3.05) is 13.2 Å². The van der Waals surface area contributed by atoms with Crippen molar-refractivity contribution < 1.29 is 76.7 Å². The fourth-order valence-electron chi connectivity index (χ4n) is 4.95. The second-order valence-electron chi connectivity index (χ2n) is 11.8. The van der Waals surface area contributed by atoms with Crippen molar-refractivity contribution in [1.82, 2.24) is 0 Å². The molecule has 0 bridgehead atoms. The van der Waals surface area contributed by atoms with Crippen molar-refractivity contribution in [2.24, 2.45) is 0 Å². The van der Waals surface area contributed by atoms with Crippen LogP contribution < -0.4 is 19.6 Å². The quantitative estimate of drug-likeness (QED) is 0.0376. The average molecular weight is 772 g/mol. The number of phosphoric acid groups is 2. The summed E-state index contributed by atoms with van der Waals surface area (Å²) in [6, 6.07) is 0. The first-order chi connectivity index (χ1) is 20.1. The zero-order valence-corrected chi connectivity index (χ0v) is 36.5. The first-order valence-electron chi connectivity index (χ1n) is 17.5. The Balaban J connectivity index is -0.000000348. The number of hydrogen-bond donors (Lipinski definition) is 0. The van der Waals surface area contributed by atoms with E-state index in [4.69, 9.17) is 0 Å². The summed E-state index contributed by atoms with van der Waals surface area (Å²) in [7, 11) is -9.50. The van der Waals surface area contributed by atoms with Gasteiger partial charge in [0.2, 0.25) is 0 Å². The monoisotopic (exact) mass is 768 g/mol. The first-order valence-corrected chi connectivity index (χ1v) is 20.4. The molecule has 0 atom stereocenters. The van der Waals surface area contributed by atoms with E-state index in [1.807, 2.05) is 0 Å². The summed E-state index contributed by atoms with van der Waals surface area (Å²) in [4.78, 5) is 40.9. The van der Waals surface area contributed by atoms with Gasteiger partial charge >= 0.3 is 39.0 Å². The molecule has 0 aromatic rings. The van der Waals surface area contributed by atoms with Crippen LogP contribution in [0.4, 0.5) is 0 Å². The fourth-order valence-corrected chi connectivity index (χ4v) is 5.65. The van der Waals surface area contributed by atoms with E-state index >= 15 is 0 Å². The van der Waals surface area contributed by atoms with Crippen LogP contribution in [-0.4, -0.2) is 13.2 Å². The third-order valence-corrected chi connectivity index (χ3v) is 8.49. The van der Waals surface area contributed by atoms with Crippen molar-refractivity contribution in [2.45, 2.75) is 194 Å². The second kappa shape index (κ2) is 40.6. The normalized spacial score (nSPS) is 11.4. The fraction of sp³-hybridized carbons (Fsp3) is 1.00. The maximum atomic E-state index is 10.2. The minimum Gasteiger partial charge on any atom is -0.790 e. The zero-order chi connectivity index (χ0) is 31.6. The molecule has 0 spiro atoms. The molecule has 0 aliphatic carbocycles. The van der Waals surface area contributed by atoms with E-state index in [2.05, 4.69) is 22.9 Å². The Kier molecular flexibility index (Phi) is 48.3. The van der Waals surface area contributed by atoms with Crippen LogP contribution in [0.2, 0.25) is 0 Å². The molecule has 0 fully saturated rings. The number of hydrogen-bond acceptors (Lipinski definition) is 8. The van der Waals surface area contributed by atoms with Crippen molar-refractivity contribution in [1.29, 1.82) is 0 Å². The minimum atomic E-state index is -4.75. The van der Waals surface area contributed by atoms with Gasteiger partial charge in [-0.25, -0.2) is 0 Å². The molecule has 0 N–H and O–H groups in total. The van der Waals surface area contributed by atoms with Crippen molar-refractivity contribution in [3.63, 3.8) is 0 Å². The van der Waals surface area contributed by atoms with Gasteiger partial charge in [0, 0.05) is 0 Å². The van der Waals surface area contributed by atoms with E-state index in [0.717, 1.165) is 25.7 Å². The molecular weight excluding hydrogens is 705 g/mol.